The first-order valence-electron chi connectivity index (χ1n) is 9.56. The maximum Gasteiger partial charge on any atom is 0.195 e. The van der Waals surface area contributed by atoms with Crippen molar-refractivity contribution in [3.05, 3.63) is 54.0 Å². The molecule has 3 aromatic rings. The molecular formula is C21H25N5O2. The van der Waals surface area contributed by atoms with Crippen LogP contribution in [0.5, 0.6) is 0 Å². The van der Waals surface area contributed by atoms with Gasteiger partial charge in [-0.25, -0.2) is 9.97 Å². The van der Waals surface area contributed by atoms with Gasteiger partial charge in [-0.05, 0) is 26.9 Å². The van der Waals surface area contributed by atoms with E-state index < -0.39 is 0 Å². The average molecular weight is 379 g/mol. The third-order valence-corrected chi connectivity index (χ3v) is 5.03. The lowest BCUT2D eigenvalue weighted by Crippen LogP contribution is -2.39. The number of nitrogens with one attached hydrogen (secondary N) is 2. The summed E-state index contributed by atoms with van der Waals surface area (Å²) in [4.78, 5) is 26.9. The first-order valence-corrected chi connectivity index (χ1v) is 9.56. The minimum absolute atomic E-state index is 0.0457. The van der Waals surface area contributed by atoms with Crippen molar-refractivity contribution < 1.29 is 9.53 Å². The van der Waals surface area contributed by atoms with Crippen molar-refractivity contribution in [2.45, 2.75) is 25.0 Å². The van der Waals surface area contributed by atoms with Crippen LogP contribution in [0.2, 0.25) is 0 Å². The Balaban J connectivity index is 1.55. The first kappa shape index (κ1) is 18.6. The zero-order chi connectivity index (χ0) is 19.5. The van der Waals surface area contributed by atoms with Crippen LogP contribution < -0.4 is 5.32 Å². The Hall–Kier alpha value is -2.77. The predicted molar refractivity (Wildman–Crippen MR) is 109 cm³/mol. The van der Waals surface area contributed by atoms with Crippen LogP contribution in [0.3, 0.4) is 0 Å². The first-order chi connectivity index (χ1) is 13.6. The number of likely N-dealkylation sites (N-methyl/N-ethyl adjacent to an activating group) is 1. The number of ketones is 1. The molecule has 146 valence electrons. The maximum absolute atomic E-state index is 13.0. The van der Waals surface area contributed by atoms with Gasteiger partial charge in [0, 0.05) is 18.3 Å². The molecule has 28 heavy (non-hydrogen) atoms. The summed E-state index contributed by atoms with van der Waals surface area (Å²) in [6.45, 7) is 1.55. The molecule has 0 aliphatic carbocycles. The van der Waals surface area contributed by atoms with E-state index in [2.05, 4.69) is 39.3 Å². The van der Waals surface area contributed by atoms with Crippen LogP contribution in [0.15, 0.2) is 42.9 Å². The number of aromatic nitrogens is 3. The van der Waals surface area contributed by atoms with Gasteiger partial charge < -0.3 is 19.9 Å². The second-order valence-electron chi connectivity index (χ2n) is 7.48. The quantitative estimate of drug-likeness (QED) is 0.641. The van der Waals surface area contributed by atoms with Crippen molar-refractivity contribution in [3.8, 4) is 0 Å². The number of anilines is 1. The molecule has 0 saturated carbocycles. The SMILES string of the molecule is CN(C)C[C@@H]1CC[C@@H](Nc2ncnc3[nH]cc(C(=O)c4ccccc4)c23)CO1. The van der Waals surface area contributed by atoms with Gasteiger partial charge in [0.25, 0.3) is 0 Å². The van der Waals surface area contributed by atoms with Crippen molar-refractivity contribution >= 4 is 22.6 Å². The number of ether oxygens (including phenoxy) is 1. The number of carbonyl (C=O) groups excluding carboxylic acids is 1. The fourth-order valence-corrected chi connectivity index (χ4v) is 3.66. The van der Waals surface area contributed by atoms with Crippen LogP contribution >= 0.6 is 0 Å². The summed E-state index contributed by atoms with van der Waals surface area (Å²) in [6.07, 6.45) is 5.48. The molecule has 7 nitrogen and oxygen atoms in total. The number of nitrogens with zero attached hydrogens (tertiary/aromatic N) is 3. The summed E-state index contributed by atoms with van der Waals surface area (Å²) < 4.78 is 5.99. The molecule has 1 aliphatic rings. The van der Waals surface area contributed by atoms with Gasteiger partial charge in [0.05, 0.1) is 29.7 Å². The fraction of sp³-hybridized carbons (Fsp3) is 0.381. The molecule has 2 atom stereocenters. The molecule has 1 fully saturated rings. The molecule has 1 saturated heterocycles. The van der Waals surface area contributed by atoms with Crippen LogP contribution in [-0.2, 0) is 4.74 Å². The molecule has 0 bridgehead atoms. The Morgan fingerprint density at radius 3 is 2.79 bits per heavy atom. The van der Waals surface area contributed by atoms with Crippen molar-refractivity contribution in [2.24, 2.45) is 0 Å². The predicted octanol–water partition coefficient (Wildman–Crippen LogP) is 2.71. The van der Waals surface area contributed by atoms with E-state index in [1.807, 2.05) is 30.3 Å². The van der Waals surface area contributed by atoms with Gasteiger partial charge in [-0.15, -0.1) is 0 Å². The van der Waals surface area contributed by atoms with Gasteiger partial charge in [0.2, 0.25) is 0 Å². The van der Waals surface area contributed by atoms with Gasteiger partial charge in [-0.2, -0.15) is 0 Å². The third kappa shape index (κ3) is 3.90. The number of carbonyl (C=O) groups is 1. The number of H-pyrrole nitrogens is 1. The van der Waals surface area contributed by atoms with E-state index in [9.17, 15) is 4.79 Å². The van der Waals surface area contributed by atoms with E-state index in [1.54, 1.807) is 6.20 Å². The van der Waals surface area contributed by atoms with Gasteiger partial charge in [0.15, 0.2) is 5.78 Å². The maximum atomic E-state index is 13.0. The number of hydrogen-bond acceptors (Lipinski definition) is 6. The van der Waals surface area contributed by atoms with Gasteiger partial charge >= 0.3 is 0 Å². The minimum atomic E-state index is -0.0457. The van der Waals surface area contributed by atoms with Crippen LogP contribution in [0.25, 0.3) is 11.0 Å². The molecule has 0 radical (unpaired) electrons. The molecule has 0 amide bonds. The lowest BCUT2D eigenvalue weighted by Gasteiger charge is -2.31. The standard InChI is InChI=1S/C21H25N5O2/c1-26(2)11-16-9-8-15(12-28-16)25-21-18-17(10-22-20(18)23-13-24-21)19(27)14-6-4-3-5-7-14/h3-7,10,13,15-16H,8-9,11-12H2,1-2H3,(H2,22,23,24,25)/t15-,16+/m1/s1. The molecule has 2 N–H and O–H groups in total. The molecule has 0 unspecified atom stereocenters. The molecule has 4 rings (SSSR count). The normalized spacial score (nSPS) is 19.8. The van der Waals surface area contributed by atoms with Crippen molar-refractivity contribution in [1.82, 2.24) is 19.9 Å². The molecule has 2 aromatic heterocycles. The summed E-state index contributed by atoms with van der Waals surface area (Å²) in [5.74, 6) is 0.626. The largest absolute Gasteiger partial charge is 0.375 e. The van der Waals surface area contributed by atoms with E-state index >= 15 is 0 Å². The molecule has 0 spiro atoms. The lowest BCUT2D eigenvalue weighted by atomic mass is 10.0. The van der Waals surface area contributed by atoms with E-state index in [0.29, 0.717) is 29.2 Å². The number of aromatic amines is 1. The second-order valence-corrected chi connectivity index (χ2v) is 7.48. The highest BCUT2D eigenvalue weighted by Gasteiger charge is 2.24. The van der Waals surface area contributed by atoms with E-state index in [4.69, 9.17) is 4.74 Å². The Morgan fingerprint density at radius 2 is 2.07 bits per heavy atom. The summed E-state index contributed by atoms with van der Waals surface area (Å²) >= 11 is 0. The summed E-state index contributed by atoms with van der Waals surface area (Å²) in [5.41, 5.74) is 1.87. The summed E-state index contributed by atoms with van der Waals surface area (Å²) in [6, 6.07) is 9.42. The molecular weight excluding hydrogens is 354 g/mol. The van der Waals surface area contributed by atoms with Gasteiger partial charge in [0.1, 0.15) is 17.8 Å². The van der Waals surface area contributed by atoms with Gasteiger partial charge in [-0.1, -0.05) is 30.3 Å². The topological polar surface area (TPSA) is 83.1 Å². The van der Waals surface area contributed by atoms with Crippen molar-refractivity contribution in [2.75, 3.05) is 32.6 Å². The molecule has 7 heteroatoms. The van der Waals surface area contributed by atoms with Crippen LogP contribution in [0.4, 0.5) is 5.82 Å². The van der Waals surface area contributed by atoms with Crippen molar-refractivity contribution in [3.63, 3.8) is 0 Å². The Morgan fingerprint density at radius 1 is 1.25 bits per heavy atom. The average Bonchev–Trinajstić information content (AvgIpc) is 3.14. The zero-order valence-corrected chi connectivity index (χ0v) is 16.2. The lowest BCUT2D eigenvalue weighted by molar-refractivity contribution is -0.00380. The van der Waals surface area contributed by atoms with E-state index in [1.165, 1.54) is 6.33 Å². The Kier molecular flexibility index (Phi) is 5.36. The number of fused-ring (bicyclic) bond motifs is 1. The highest BCUT2D eigenvalue weighted by atomic mass is 16.5. The zero-order valence-electron chi connectivity index (χ0n) is 16.2. The molecule has 3 heterocycles. The van der Waals surface area contributed by atoms with E-state index in [0.717, 1.165) is 24.8 Å². The highest BCUT2D eigenvalue weighted by molar-refractivity contribution is 6.17. The third-order valence-electron chi connectivity index (χ3n) is 5.03. The molecule has 1 aromatic carbocycles. The second kappa shape index (κ2) is 8.08. The van der Waals surface area contributed by atoms with Gasteiger partial charge in [-0.3, -0.25) is 4.79 Å². The van der Waals surface area contributed by atoms with E-state index in [-0.39, 0.29) is 17.9 Å². The van der Waals surface area contributed by atoms with Crippen molar-refractivity contribution in [1.29, 1.82) is 0 Å². The summed E-state index contributed by atoms with van der Waals surface area (Å²) in [5, 5.41) is 4.20. The number of benzene rings is 1. The highest BCUT2D eigenvalue weighted by Crippen LogP contribution is 2.27. The number of rotatable bonds is 6. The fourth-order valence-electron chi connectivity index (χ4n) is 3.66. The molecule has 1 aliphatic heterocycles. The Labute approximate surface area is 164 Å². The van der Waals surface area contributed by atoms with Crippen LogP contribution in [-0.4, -0.2) is 65.0 Å². The van der Waals surface area contributed by atoms with Crippen LogP contribution in [0.1, 0.15) is 28.8 Å². The summed E-state index contributed by atoms with van der Waals surface area (Å²) in [7, 11) is 4.12. The smallest absolute Gasteiger partial charge is 0.195 e. The minimum Gasteiger partial charge on any atom is -0.375 e. The van der Waals surface area contributed by atoms with Crippen LogP contribution in [0, 0.1) is 0 Å². The monoisotopic (exact) mass is 379 g/mol. The Bertz CT molecular complexity index is 946. The number of hydrogen-bond donors (Lipinski definition) is 2.